The van der Waals surface area contributed by atoms with Crippen molar-refractivity contribution in [1.29, 1.82) is 0 Å². The highest BCUT2D eigenvalue weighted by Crippen LogP contribution is 1.60. The Hall–Kier alpha value is 0.200. The lowest BCUT2D eigenvalue weighted by molar-refractivity contribution is 0.490. The summed E-state index contributed by atoms with van der Waals surface area (Å²) in [6, 6.07) is 0. The molecule has 0 atom stereocenters. The topological polar surface area (TPSA) is 54.4 Å². The van der Waals surface area contributed by atoms with Crippen molar-refractivity contribution in [3.63, 3.8) is 0 Å². The third kappa shape index (κ3) is 4190. The zero-order valence-electron chi connectivity index (χ0n) is 4.76. The first-order valence-corrected chi connectivity index (χ1v) is 4.28. The van der Waals surface area contributed by atoms with Crippen molar-refractivity contribution in [1.82, 2.24) is 0 Å². The standard InChI is InChI=1S/C2H5Cl.CH4O3S/c1-2-3;1-5(2,3)4/h2H2,1H3;1H3,(H,2,3,4). The Morgan fingerprint density at radius 2 is 1.62 bits per heavy atom. The van der Waals surface area contributed by atoms with Crippen LogP contribution in [0.15, 0.2) is 0 Å². The number of alkyl halides is 1. The predicted molar refractivity (Wildman–Crippen MR) is 33.9 cm³/mol. The maximum atomic E-state index is 9.19. The molecule has 3 nitrogen and oxygen atoms in total. The summed E-state index contributed by atoms with van der Waals surface area (Å²) in [7, 11) is -3.67. The van der Waals surface area contributed by atoms with Crippen molar-refractivity contribution in [3.8, 4) is 0 Å². The van der Waals surface area contributed by atoms with Crippen LogP contribution in [0.1, 0.15) is 6.92 Å². The summed E-state index contributed by atoms with van der Waals surface area (Å²) >= 11 is 5.00. The van der Waals surface area contributed by atoms with Gasteiger partial charge in [0.05, 0.1) is 6.26 Å². The zero-order chi connectivity index (χ0) is 7.21. The fourth-order valence-electron chi connectivity index (χ4n) is 0. The zero-order valence-corrected chi connectivity index (χ0v) is 6.33. The summed E-state index contributed by atoms with van der Waals surface area (Å²) < 4.78 is 25.9. The number of hydrogen-bond acceptors (Lipinski definition) is 2. The molecule has 0 saturated carbocycles. The molecule has 0 radical (unpaired) electrons. The van der Waals surface area contributed by atoms with Crippen LogP contribution in [-0.4, -0.2) is 25.1 Å². The van der Waals surface area contributed by atoms with Crippen molar-refractivity contribution in [3.05, 3.63) is 0 Å². The van der Waals surface area contributed by atoms with Crippen LogP contribution in [0.3, 0.4) is 0 Å². The second-order valence-electron chi connectivity index (χ2n) is 1.00. The Balaban J connectivity index is 0. The normalized spacial score (nSPS) is 9.50. The Kier molecular flexibility index (Phi) is 7.38. The number of hydrogen-bond donors (Lipinski definition) is 1. The third-order valence-corrected chi connectivity index (χ3v) is 0. The highest BCUT2D eigenvalue weighted by molar-refractivity contribution is 7.85. The van der Waals surface area contributed by atoms with Crippen LogP contribution >= 0.6 is 11.6 Å². The fraction of sp³-hybridized carbons (Fsp3) is 1.00. The van der Waals surface area contributed by atoms with Crippen LogP contribution in [0.5, 0.6) is 0 Å². The molecule has 0 amide bonds. The van der Waals surface area contributed by atoms with Crippen LogP contribution in [0.25, 0.3) is 0 Å². The molecule has 5 heteroatoms. The lowest BCUT2D eigenvalue weighted by Crippen LogP contribution is -1.88. The molecule has 0 rings (SSSR count). The summed E-state index contributed by atoms with van der Waals surface area (Å²) in [5.74, 6) is 0.722. The van der Waals surface area contributed by atoms with Gasteiger partial charge in [-0.1, -0.05) is 6.92 Å². The van der Waals surface area contributed by atoms with Gasteiger partial charge in [-0.05, 0) is 0 Å². The van der Waals surface area contributed by atoms with E-state index in [9.17, 15) is 8.42 Å². The van der Waals surface area contributed by atoms with Gasteiger partial charge in [0.1, 0.15) is 0 Å². The van der Waals surface area contributed by atoms with Crippen LogP contribution < -0.4 is 0 Å². The van der Waals surface area contributed by atoms with E-state index in [2.05, 4.69) is 0 Å². The quantitative estimate of drug-likeness (QED) is 0.420. The van der Waals surface area contributed by atoms with E-state index in [4.69, 9.17) is 16.2 Å². The number of halogens is 1. The van der Waals surface area contributed by atoms with Crippen molar-refractivity contribution < 1.29 is 13.0 Å². The first-order valence-electron chi connectivity index (χ1n) is 1.90. The van der Waals surface area contributed by atoms with Crippen LogP contribution in [0.4, 0.5) is 0 Å². The van der Waals surface area contributed by atoms with E-state index in [1.54, 1.807) is 0 Å². The van der Waals surface area contributed by atoms with Gasteiger partial charge in [0.2, 0.25) is 0 Å². The first-order chi connectivity index (χ1) is 3.41. The molecule has 0 saturated heterocycles. The van der Waals surface area contributed by atoms with Crippen LogP contribution in [0.2, 0.25) is 0 Å². The Morgan fingerprint density at radius 3 is 1.62 bits per heavy atom. The summed E-state index contributed by atoms with van der Waals surface area (Å²) in [6.45, 7) is 1.89. The van der Waals surface area contributed by atoms with Crippen LogP contribution in [-0.2, 0) is 10.1 Å². The molecule has 0 aromatic carbocycles. The molecule has 0 aromatic rings. The smallest absolute Gasteiger partial charge is 0.261 e. The summed E-state index contributed by atoms with van der Waals surface area (Å²) in [4.78, 5) is 0. The van der Waals surface area contributed by atoms with E-state index in [0.29, 0.717) is 6.26 Å². The number of rotatable bonds is 0. The monoisotopic (exact) mass is 160 g/mol. The predicted octanol–water partition coefficient (Wildman–Crippen LogP) is 0.749. The van der Waals surface area contributed by atoms with E-state index in [1.807, 2.05) is 6.92 Å². The molecular formula is C3H9ClO3S. The molecular weight excluding hydrogens is 152 g/mol. The van der Waals surface area contributed by atoms with Gasteiger partial charge in [0.15, 0.2) is 0 Å². The highest BCUT2D eigenvalue weighted by atomic mass is 35.5. The minimum atomic E-state index is -3.67. The molecule has 0 heterocycles. The molecule has 0 aromatic heterocycles. The van der Waals surface area contributed by atoms with Gasteiger partial charge in [-0.2, -0.15) is 8.42 Å². The summed E-state index contributed by atoms with van der Waals surface area (Å²) in [5.41, 5.74) is 0. The Bertz CT molecular complexity index is 108. The average molecular weight is 161 g/mol. The molecule has 0 spiro atoms. The van der Waals surface area contributed by atoms with Gasteiger partial charge in [0, 0.05) is 5.88 Å². The molecule has 8 heavy (non-hydrogen) atoms. The lowest BCUT2D eigenvalue weighted by Gasteiger charge is -1.69. The maximum Gasteiger partial charge on any atom is 0.261 e. The van der Waals surface area contributed by atoms with Gasteiger partial charge in [-0.3, -0.25) is 4.55 Å². The van der Waals surface area contributed by atoms with Crippen LogP contribution in [0, 0.1) is 0 Å². The minimum Gasteiger partial charge on any atom is -0.286 e. The molecule has 52 valence electrons. The fourth-order valence-corrected chi connectivity index (χ4v) is 0. The van der Waals surface area contributed by atoms with Gasteiger partial charge in [-0.15, -0.1) is 11.6 Å². The van der Waals surface area contributed by atoms with Gasteiger partial charge in [0.25, 0.3) is 10.1 Å². The van der Waals surface area contributed by atoms with Crippen molar-refractivity contribution in [2.24, 2.45) is 0 Å². The second kappa shape index (κ2) is 5.34. The average Bonchev–Trinajstić information content (AvgIpc) is 1.27. The molecule has 0 fully saturated rings. The Labute approximate surface area is 54.4 Å². The summed E-state index contributed by atoms with van der Waals surface area (Å²) in [5, 5.41) is 0. The van der Waals surface area contributed by atoms with Gasteiger partial charge < -0.3 is 0 Å². The largest absolute Gasteiger partial charge is 0.286 e. The lowest BCUT2D eigenvalue weighted by atomic mass is 11.0. The molecule has 0 aliphatic carbocycles. The second-order valence-corrected chi connectivity index (χ2v) is 3.00. The third-order valence-electron chi connectivity index (χ3n) is 0. The summed E-state index contributed by atoms with van der Waals surface area (Å²) in [6.07, 6.45) is 0.715. The van der Waals surface area contributed by atoms with E-state index >= 15 is 0 Å². The molecule has 0 unspecified atom stereocenters. The van der Waals surface area contributed by atoms with E-state index in [1.165, 1.54) is 0 Å². The Morgan fingerprint density at radius 1 is 1.62 bits per heavy atom. The molecule has 0 aliphatic rings. The van der Waals surface area contributed by atoms with Gasteiger partial charge >= 0.3 is 0 Å². The highest BCUT2D eigenvalue weighted by Gasteiger charge is 1.81. The van der Waals surface area contributed by atoms with Gasteiger partial charge in [-0.25, -0.2) is 0 Å². The van der Waals surface area contributed by atoms with Crippen molar-refractivity contribution in [2.75, 3.05) is 12.1 Å². The maximum absolute atomic E-state index is 9.19. The van der Waals surface area contributed by atoms with Crippen molar-refractivity contribution >= 4 is 21.7 Å². The van der Waals surface area contributed by atoms with E-state index in [-0.39, 0.29) is 0 Å². The molecule has 1 N–H and O–H groups in total. The molecule has 0 bridgehead atoms. The van der Waals surface area contributed by atoms with E-state index in [0.717, 1.165) is 5.88 Å². The first kappa shape index (κ1) is 11.1. The van der Waals surface area contributed by atoms with Crippen molar-refractivity contribution in [2.45, 2.75) is 6.92 Å². The van der Waals surface area contributed by atoms with E-state index < -0.39 is 10.1 Å². The minimum absolute atomic E-state index is 0.715. The molecule has 0 aliphatic heterocycles. The SMILES string of the molecule is CCCl.CS(=O)(=O)O.